The highest BCUT2D eigenvalue weighted by atomic mass is 32.2. The number of aromatic amines is 1. The van der Waals surface area contributed by atoms with E-state index in [9.17, 15) is 0 Å². The fraction of sp³-hybridized carbons (Fsp3) is 0.316. The molecule has 4 rings (SSSR count). The third kappa shape index (κ3) is 4.78. The van der Waals surface area contributed by atoms with Crippen LogP contribution in [0.3, 0.4) is 0 Å². The van der Waals surface area contributed by atoms with Crippen LogP contribution in [0.5, 0.6) is 0 Å². The lowest BCUT2D eigenvalue weighted by Gasteiger charge is -2.28. The zero-order valence-corrected chi connectivity index (χ0v) is 16.1. The molecule has 0 unspecified atom stereocenters. The summed E-state index contributed by atoms with van der Waals surface area (Å²) in [4.78, 5) is 11.8. The van der Waals surface area contributed by atoms with Crippen LogP contribution in [0.2, 0.25) is 0 Å². The second-order valence-corrected chi connectivity index (χ2v) is 7.41. The molecule has 0 bridgehead atoms. The number of nitrogens with zero attached hydrogens (tertiary/aromatic N) is 4. The first-order valence-electron chi connectivity index (χ1n) is 9.07. The number of thioether (sulfide) groups is 1. The van der Waals surface area contributed by atoms with Gasteiger partial charge in [-0.1, -0.05) is 42.1 Å². The molecule has 1 fully saturated rings. The van der Waals surface area contributed by atoms with Crippen molar-refractivity contribution in [1.82, 2.24) is 25.5 Å². The first-order valence-corrected chi connectivity index (χ1v) is 10.1. The highest BCUT2D eigenvalue weighted by Gasteiger charge is 2.15. The number of aromatic nitrogens is 4. The summed E-state index contributed by atoms with van der Waals surface area (Å²) in [6.07, 6.45) is 0. The summed E-state index contributed by atoms with van der Waals surface area (Å²) in [6, 6.07) is 14.4. The minimum atomic E-state index is 0.761. The van der Waals surface area contributed by atoms with Crippen LogP contribution < -0.4 is 15.5 Å². The molecule has 1 aliphatic rings. The molecule has 0 amide bonds. The lowest BCUT2D eigenvalue weighted by molar-refractivity contribution is 0.583. The number of rotatable bonds is 6. The quantitative estimate of drug-likeness (QED) is 0.447. The molecule has 0 aliphatic carbocycles. The van der Waals surface area contributed by atoms with Gasteiger partial charge in [0.1, 0.15) is 11.6 Å². The maximum absolute atomic E-state index is 4.80. The number of piperazine rings is 1. The minimum absolute atomic E-state index is 0.761. The SMILES string of the molecule is Cc1cc(Nc2cc(N3CCNCC3)nc(SCc3ccccc3)n2)n[nH]1. The summed E-state index contributed by atoms with van der Waals surface area (Å²) < 4.78 is 0. The maximum Gasteiger partial charge on any atom is 0.191 e. The molecule has 0 saturated carbocycles. The summed E-state index contributed by atoms with van der Waals surface area (Å²) in [5, 5.41) is 14.6. The van der Waals surface area contributed by atoms with E-state index >= 15 is 0 Å². The molecule has 3 aromatic rings. The van der Waals surface area contributed by atoms with Gasteiger partial charge >= 0.3 is 0 Å². The van der Waals surface area contributed by atoms with Crippen LogP contribution in [0.4, 0.5) is 17.5 Å². The number of benzene rings is 1. The molecule has 7 nitrogen and oxygen atoms in total. The summed E-state index contributed by atoms with van der Waals surface area (Å²) in [7, 11) is 0. The van der Waals surface area contributed by atoms with Crippen LogP contribution in [-0.2, 0) is 5.75 Å². The van der Waals surface area contributed by atoms with E-state index in [4.69, 9.17) is 9.97 Å². The van der Waals surface area contributed by atoms with Crippen molar-refractivity contribution in [3.8, 4) is 0 Å². The summed E-state index contributed by atoms with van der Waals surface area (Å²) in [5.41, 5.74) is 2.27. The van der Waals surface area contributed by atoms with Crippen molar-refractivity contribution >= 4 is 29.2 Å². The van der Waals surface area contributed by atoms with E-state index in [1.165, 1.54) is 5.56 Å². The molecular formula is C19H23N7S. The molecule has 1 saturated heterocycles. The van der Waals surface area contributed by atoms with Gasteiger partial charge in [-0.25, -0.2) is 9.97 Å². The van der Waals surface area contributed by atoms with Gasteiger partial charge in [0.25, 0.3) is 0 Å². The second kappa shape index (κ2) is 8.41. The molecule has 27 heavy (non-hydrogen) atoms. The molecule has 3 N–H and O–H groups in total. The Hall–Kier alpha value is -2.58. The van der Waals surface area contributed by atoms with Crippen LogP contribution in [-0.4, -0.2) is 46.3 Å². The van der Waals surface area contributed by atoms with E-state index in [0.29, 0.717) is 0 Å². The molecule has 1 aliphatic heterocycles. The van der Waals surface area contributed by atoms with E-state index in [0.717, 1.165) is 60.2 Å². The Kier molecular flexibility index (Phi) is 5.55. The fourth-order valence-electron chi connectivity index (χ4n) is 2.93. The van der Waals surface area contributed by atoms with Gasteiger partial charge in [0.15, 0.2) is 11.0 Å². The average Bonchev–Trinajstić information content (AvgIpc) is 3.12. The summed E-state index contributed by atoms with van der Waals surface area (Å²) >= 11 is 1.65. The molecule has 0 atom stereocenters. The summed E-state index contributed by atoms with van der Waals surface area (Å²) in [6.45, 7) is 5.81. The van der Waals surface area contributed by atoms with Crippen LogP contribution in [0.25, 0.3) is 0 Å². The third-order valence-corrected chi connectivity index (χ3v) is 5.22. The van der Waals surface area contributed by atoms with Crippen molar-refractivity contribution in [2.75, 3.05) is 36.4 Å². The van der Waals surface area contributed by atoms with Crippen LogP contribution >= 0.6 is 11.8 Å². The van der Waals surface area contributed by atoms with Crippen LogP contribution in [0.15, 0.2) is 47.6 Å². The van der Waals surface area contributed by atoms with Gasteiger partial charge in [-0.2, -0.15) is 5.10 Å². The lowest BCUT2D eigenvalue weighted by Crippen LogP contribution is -2.44. The Bertz CT molecular complexity index is 875. The molecule has 3 heterocycles. The van der Waals surface area contributed by atoms with E-state index in [2.05, 4.69) is 50.0 Å². The largest absolute Gasteiger partial charge is 0.354 e. The monoisotopic (exact) mass is 381 g/mol. The first-order chi connectivity index (χ1) is 13.3. The number of nitrogens with one attached hydrogen (secondary N) is 3. The molecule has 1 aromatic carbocycles. The molecular weight excluding hydrogens is 358 g/mol. The Morgan fingerprint density at radius 2 is 1.89 bits per heavy atom. The van der Waals surface area contributed by atoms with Gasteiger partial charge in [0.2, 0.25) is 0 Å². The number of anilines is 3. The van der Waals surface area contributed by atoms with E-state index in [-0.39, 0.29) is 0 Å². The Labute approximate surface area is 163 Å². The van der Waals surface area contributed by atoms with E-state index in [1.54, 1.807) is 11.8 Å². The van der Waals surface area contributed by atoms with Gasteiger partial charge < -0.3 is 15.5 Å². The van der Waals surface area contributed by atoms with Crippen molar-refractivity contribution in [3.05, 3.63) is 53.7 Å². The topological polar surface area (TPSA) is 81.8 Å². The van der Waals surface area contributed by atoms with Gasteiger partial charge in [0.05, 0.1) is 0 Å². The van der Waals surface area contributed by atoms with Crippen LogP contribution in [0, 0.1) is 6.92 Å². The fourth-order valence-corrected chi connectivity index (χ4v) is 3.74. The Balaban J connectivity index is 1.57. The predicted octanol–water partition coefficient (Wildman–Crippen LogP) is 2.95. The number of aryl methyl sites for hydroxylation is 1. The van der Waals surface area contributed by atoms with Crippen molar-refractivity contribution in [2.24, 2.45) is 0 Å². The smallest absolute Gasteiger partial charge is 0.191 e. The maximum atomic E-state index is 4.80. The zero-order valence-electron chi connectivity index (χ0n) is 15.3. The zero-order chi connectivity index (χ0) is 18.5. The molecule has 140 valence electrons. The van der Waals surface area contributed by atoms with Crippen molar-refractivity contribution < 1.29 is 0 Å². The molecule has 0 spiro atoms. The van der Waals surface area contributed by atoms with Gasteiger partial charge in [-0.3, -0.25) is 5.10 Å². The Morgan fingerprint density at radius 1 is 1.07 bits per heavy atom. The Morgan fingerprint density at radius 3 is 2.63 bits per heavy atom. The average molecular weight is 382 g/mol. The number of hydrogen-bond acceptors (Lipinski definition) is 7. The first kappa shape index (κ1) is 17.8. The van der Waals surface area contributed by atoms with E-state index < -0.39 is 0 Å². The number of H-pyrrole nitrogens is 1. The van der Waals surface area contributed by atoms with Gasteiger partial charge in [0, 0.05) is 49.8 Å². The molecule has 0 radical (unpaired) electrons. The van der Waals surface area contributed by atoms with Crippen molar-refractivity contribution in [2.45, 2.75) is 17.8 Å². The summed E-state index contributed by atoms with van der Waals surface area (Å²) in [5.74, 6) is 3.32. The third-order valence-electron chi connectivity index (χ3n) is 4.31. The van der Waals surface area contributed by atoms with Gasteiger partial charge in [-0.15, -0.1) is 0 Å². The van der Waals surface area contributed by atoms with E-state index in [1.807, 2.05) is 25.1 Å². The van der Waals surface area contributed by atoms with Gasteiger partial charge in [-0.05, 0) is 12.5 Å². The standard InChI is InChI=1S/C19H23N7S/c1-14-11-17(25-24-14)21-16-12-18(26-9-7-20-8-10-26)23-19(22-16)27-13-15-5-3-2-4-6-15/h2-6,11-12,20H,7-10,13H2,1H3,(H2,21,22,23,24,25). The number of hydrogen-bond donors (Lipinski definition) is 3. The molecule has 2 aromatic heterocycles. The highest BCUT2D eigenvalue weighted by Crippen LogP contribution is 2.26. The van der Waals surface area contributed by atoms with Crippen molar-refractivity contribution in [3.63, 3.8) is 0 Å². The highest BCUT2D eigenvalue weighted by molar-refractivity contribution is 7.98. The predicted molar refractivity (Wildman–Crippen MR) is 110 cm³/mol. The molecule has 8 heteroatoms. The van der Waals surface area contributed by atoms with Crippen LogP contribution in [0.1, 0.15) is 11.3 Å². The normalized spacial score (nSPS) is 14.3. The van der Waals surface area contributed by atoms with Crippen molar-refractivity contribution in [1.29, 1.82) is 0 Å². The lowest BCUT2D eigenvalue weighted by atomic mass is 10.2. The second-order valence-electron chi connectivity index (χ2n) is 6.47. The minimum Gasteiger partial charge on any atom is -0.354 e.